The molecule has 0 saturated carbocycles. The molecule has 0 aliphatic carbocycles. The van der Waals surface area contributed by atoms with Gasteiger partial charge >= 0.3 is 5.97 Å². The zero-order valence-electron chi connectivity index (χ0n) is 10.8. The second-order valence-electron chi connectivity index (χ2n) is 4.17. The largest absolute Gasteiger partial charge is 0.464 e. The van der Waals surface area contributed by atoms with Crippen LogP contribution in [0.3, 0.4) is 0 Å². The van der Waals surface area contributed by atoms with Gasteiger partial charge in [-0.3, -0.25) is 4.98 Å². The fourth-order valence-electron chi connectivity index (χ4n) is 1.78. The minimum Gasteiger partial charge on any atom is -0.464 e. The summed E-state index contributed by atoms with van der Waals surface area (Å²) in [6.07, 6.45) is 4.54. The van der Waals surface area contributed by atoms with E-state index in [-0.39, 0.29) is 5.97 Å². The van der Waals surface area contributed by atoms with Crippen molar-refractivity contribution in [1.29, 1.82) is 0 Å². The molecular weight excluding hydrogens is 242 g/mol. The van der Waals surface area contributed by atoms with Crippen molar-refractivity contribution in [3.05, 3.63) is 53.6 Å². The van der Waals surface area contributed by atoms with Gasteiger partial charge in [0.2, 0.25) is 0 Å². The number of carbonyl (C=O) groups is 1. The number of nitrogens with zero attached hydrogens (tertiary/aromatic N) is 1. The van der Waals surface area contributed by atoms with Crippen LogP contribution in [-0.2, 0) is 17.7 Å². The van der Waals surface area contributed by atoms with E-state index in [1.807, 2.05) is 18.2 Å². The van der Waals surface area contributed by atoms with Crippen molar-refractivity contribution in [3.8, 4) is 0 Å². The normalized spacial score (nSPS) is 10.4. The Hall–Kier alpha value is -2.14. The van der Waals surface area contributed by atoms with Gasteiger partial charge < -0.3 is 15.0 Å². The van der Waals surface area contributed by atoms with Gasteiger partial charge in [0.25, 0.3) is 0 Å². The molecule has 0 unspecified atom stereocenters. The molecule has 100 valence electrons. The van der Waals surface area contributed by atoms with E-state index >= 15 is 0 Å². The number of carbonyl (C=O) groups excluding carboxylic acids is 1. The summed E-state index contributed by atoms with van der Waals surface area (Å²) < 4.78 is 4.64. The third-order valence-electron chi connectivity index (χ3n) is 2.81. The van der Waals surface area contributed by atoms with Gasteiger partial charge in [-0.25, -0.2) is 4.79 Å². The van der Waals surface area contributed by atoms with E-state index in [1.54, 1.807) is 18.5 Å². The molecule has 0 aliphatic rings. The molecule has 0 amide bonds. The zero-order chi connectivity index (χ0) is 13.5. The predicted octanol–water partition coefficient (Wildman–Crippen LogP) is 1.53. The summed E-state index contributed by atoms with van der Waals surface area (Å²) in [5.74, 6) is -0.344. The number of H-pyrrole nitrogens is 1. The van der Waals surface area contributed by atoms with Crippen molar-refractivity contribution < 1.29 is 9.53 Å². The lowest BCUT2D eigenvalue weighted by Crippen LogP contribution is -2.17. The Bertz CT molecular complexity index is 522. The van der Waals surface area contributed by atoms with Crippen LogP contribution in [0.2, 0.25) is 0 Å². The summed E-state index contributed by atoms with van der Waals surface area (Å²) >= 11 is 0. The van der Waals surface area contributed by atoms with Crippen LogP contribution in [0.1, 0.15) is 21.7 Å². The Kier molecular flexibility index (Phi) is 4.69. The highest BCUT2D eigenvalue weighted by Crippen LogP contribution is 2.03. The maximum atomic E-state index is 11.3. The molecule has 0 bridgehead atoms. The number of ether oxygens (including phenoxy) is 1. The van der Waals surface area contributed by atoms with Crippen LogP contribution in [0.15, 0.2) is 36.7 Å². The van der Waals surface area contributed by atoms with Gasteiger partial charge in [-0.1, -0.05) is 0 Å². The fraction of sp³-hybridized carbons (Fsp3) is 0.286. The predicted molar refractivity (Wildman–Crippen MR) is 71.8 cm³/mol. The minimum absolute atomic E-state index is 0.344. The molecule has 0 fully saturated rings. The molecule has 0 atom stereocenters. The highest BCUT2D eigenvalue weighted by molar-refractivity contribution is 5.87. The Labute approximate surface area is 112 Å². The monoisotopic (exact) mass is 259 g/mol. The highest BCUT2D eigenvalue weighted by atomic mass is 16.5. The molecular formula is C14H17N3O2. The number of esters is 1. The number of hydrogen-bond acceptors (Lipinski definition) is 4. The Morgan fingerprint density at radius 1 is 1.32 bits per heavy atom. The van der Waals surface area contributed by atoms with Crippen LogP contribution in [0.25, 0.3) is 0 Å². The van der Waals surface area contributed by atoms with E-state index < -0.39 is 0 Å². The maximum Gasteiger partial charge on any atom is 0.354 e. The van der Waals surface area contributed by atoms with Crippen LogP contribution in [0.4, 0.5) is 0 Å². The fourth-order valence-corrected chi connectivity index (χ4v) is 1.78. The minimum atomic E-state index is -0.344. The molecule has 0 radical (unpaired) electrons. The molecule has 2 N–H and O–H groups in total. The second-order valence-corrected chi connectivity index (χ2v) is 4.17. The van der Waals surface area contributed by atoms with Crippen molar-refractivity contribution in [2.24, 2.45) is 0 Å². The number of aromatic amines is 1. The van der Waals surface area contributed by atoms with Crippen LogP contribution in [0, 0.1) is 0 Å². The maximum absolute atomic E-state index is 11.3. The third kappa shape index (κ3) is 3.93. The van der Waals surface area contributed by atoms with Crippen LogP contribution >= 0.6 is 0 Å². The van der Waals surface area contributed by atoms with Crippen molar-refractivity contribution in [2.45, 2.75) is 13.0 Å². The Morgan fingerprint density at radius 3 is 2.84 bits per heavy atom. The van der Waals surface area contributed by atoms with Gasteiger partial charge in [-0.2, -0.15) is 0 Å². The Balaban J connectivity index is 1.74. The topological polar surface area (TPSA) is 67.0 Å². The first kappa shape index (κ1) is 13.3. The van der Waals surface area contributed by atoms with Crippen LogP contribution < -0.4 is 5.32 Å². The molecule has 0 saturated heterocycles. The van der Waals surface area contributed by atoms with Crippen LogP contribution in [-0.4, -0.2) is 29.6 Å². The number of hydrogen-bond donors (Lipinski definition) is 2. The van der Waals surface area contributed by atoms with Gasteiger partial charge in [0.05, 0.1) is 7.11 Å². The van der Waals surface area contributed by atoms with E-state index in [0.29, 0.717) is 12.2 Å². The van der Waals surface area contributed by atoms with Gasteiger partial charge in [0.1, 0.15) is 5.69 Å². The summed E-state index contributed by atoms with van der Waals surface area (Å²) in [5, 5.41) is 3.32. The molecule has 5 heteroatoms. The first-order valence-electron chi connectivity index (χ1n) is 6.15. The molecule has 2 aromatic rings. The summed E-state index contributed by atoms with van der Waals surface area (Å²) in [7, 11) is 1.37. The second kappa shape index (κ2) is 6.70. The summed E-state index contributed by atoms with van der Waals surface area (Å²) in [4.78, 5) is 18.3. The van der Waals surface area contributed by atoms with E-state index in [0.717, 1.165) is 18.7 Å². The lowest BCUT2D eigenvalue weighted by molar-refractivity contribution is 0.0594. The molecule has 2 aromatic heterocycles. The quantitative estimate of drug-likeness (QED) is 0.610. The van der Waals surface area contributed by atoms with Gasteiger partial charge in [-0.05, 0) is 42.8 Å². The van der Waals surface area contributed by atoms with Gasteiger partial charge in [0.15, 0.2) is 0 Å². The van der Waals surface area contributed by atoms with Crippen molar-refractivity contribution >= 4 is 5.97 Å². The molecule has 0 aliphatic heterocycles. The zero-order valence-corrected chi connectivity index (χ0v) is 10.8. The van der Waals surface area contributed by atoms with E-state index in [9.17, 15) is 4.79 Å². The average Bonchev–Trinajstić information content (AvgIpc) is 2.93. The molecule has 19 heavy (non-hydrogen) atoms. The lowest BCUT2D eigenvalue weighted by atomic mass is 10.2. The van der Waals surface area contributed by atoms with E-state index in [4.69, 9.17) is 0 Å². The Morgan fingerprint density at radius 2 is 2.11 bits per heavy atom. The number of pyridine rings is 1. The van der Waals surface area contributed by atoms with Gasteiger partial charge in [-0.15, -0.1) is 0 Å². The van der Waals surface area contributed by atoms with Gasteiger partial charge in [0, 0.05) is 24.6 Å². The van der Waals surface area contributed by atoms with Crippen LogP contribution in [0.5, 0.6) is 0 Å². The number of nitrogens with one attached hydrogen (secondary N) is 2. The third-order valence-corrected chi connectivity index (χ3v) is 2.81. The summed E-state index contributed by atoms with van der Waals surface area (Å²) in [6, 6.07) is 7.62. The SMILES string of the molecule is COC(=O)c1ccc(CNCCc2ccncc2)[nH]1. The van der Waals surface area contributed by atoms with Crippen molar-refractivity contribution in [3.63, 3.8) is 0 Å². The summed E-state index contributed by atoms with van der Waals surface area (Å²) in [5.41, 5.74) is 2.70. The molecule has 0 aromatic carbocycles. The van der Waals surface area contributed by atoms with Crippen molar-refractivity contribution in [1.82, 2.24) is 15.3 Å². The smallest absolute Gasteiger partial charge is 0.354 e. The number of rotatable bonds is 6. The average molecular weight is 259 g/mol. The lowest BCUT2D eigenvalue weighted by Gasteiger charge is -2.03. The summed E-state index contributed by atoms with van der Waals surface area (Å²) in [6.45, 7) is 1.57. The first-order valence-corrected chi connectivity index (χ1v) is 6.15. The molecule has 5 nitrogen and oxygen atoms in total. The number of methoxy groups -OCH3 is 1. The van der Waals surface area contributed by atoms with E-state index in [2.05, 4.69) is 20.0 Å². The molecule has 2 heterocycles. The van der Waals surface area contributed by atoms with Crippen molar-refractivity contribution in [2.75, 3.05) is 13.7 Å². The highest BCUT2D eigenvalue weighted by Gasteiger charge is 2.07. The number of aromatic nitrogens is 2. The van der Waals surface area contributed by atoms with E-state index in [1.165, 1.54) is 12.7 Å². The molecule has 2 rings (SSSR count). The standard InChI is InChI=1S/C14H17N3O2/c1-19-14(18)13-3-2-12(17-13)10-16-9-6-11-4-7-15-8-5-11/h2-5,7-8,16-17H,6,9-10H2,1H3. The molecule has 0 spiro atoms. The first-order chi connectivity index (χ1) is 9.29.